The zero-order valence-corrected chi connectivity index (χ0v) is 17.9. The Balaban J connectivity index is 0.00000288. The highest BCUT2D eigenvalue weighted by Crippen LogP contribution is 2.20. The molecule has 1 aliphatic rings. The van der Waals surface area contributed by atoms with Gasteiger partial charge in [-0.25, -0.2) is 4.99 Å². The third-order valence-electron chi connectivity index (χ3n) is 3.93. The quantitative estimate of drug-likeness (QED) is 0.421. The number of guanidine groups is 1. The second-order valence-corrected chi connectivity index (χ2v) is 7.11. The molecule has 7 heteroatoms. The molecule has 1 fully saturated rings. The maximum atomic E-state index is 6.10. The van der Waals surface area contributed by atoms with Gasteiger partial charge in [-0.3, -0.25) is 5.10 Å². The second kappa shape index (κ2) is 9.60. The van der Waals surface area contributed by atoms with Crippen molar-refractivity contribution in [3.8, 4) is 0 Å². The van der Waals surface area contributed by atoms with Crippen LogP contribution in [0.2, 0.25) is 0 Å². The van der Waals surface area contributed by atoms with E-state index in [9.17, 15) is 0 Å². The molecule has 24 heavy (non-hydrogen) atoms. The van der Waals surface area contributed by atoms with Gasteiger partial charge < -0.3 is 15.0 Å². The number of halogens is 1. The highest BCUT2D eigenvalue weighted by atomic mass is 127. The molecule has 138 valence electrons. The SMILES string of the molecule is CCNC(=NCc1cn[nH]c1C)N1CCC(OC(C)(C)C)CC1.I. The molecule has 2 N–H and O–H groups in total. The number of likely N-dealkylation sites (tertiary alicyclic amines) is 1. The molecular weight excluding hydrogens is 417 g/mol. The molecule has 1 aromatic rings. The van der Waals surface area contributed by atoms with Crippen LogP contribution in [0.5, 0.6) is 0 Å². The molecule has 0 amide bonds. The minimum absolute atomic E-state index is 0. The standard InChI is InChI=1S/C17H31N5O.HI/c1-6-18-16(19-11-14-12-20-21-13(14)2)22-9-7-15(8-10-22)23-17(3,4)5;/h12,15H,6-11H2,1-5H3,(H,18,19)(H,20,21);1H. The minimum Gasteiger partial charge on any atom is -0.372 e. The van der Waals surface area contributed by atoms with Crippen LogP contribution in [0.3, 0.4) is 0 Å². The van der Waals surface area contributed by atoms with Crippen LogP contribution in [0.15, 0.2) is 11.2 Å². The first-order valence-corrected chi connectivity index (χ1v) is 8.59. The molecule has 1 aliphatic heterocycles. The van der Waals surface area contributed by atoms with Crippen LogP contribution in [-0.2, 0) is 11.3 Å². The van der Waals surface area contributed by atoms with Gasteiger partial charge in [-0.2, -0.15) is 5.10 Å². The van der Waals surface area contributed by atoms with E-state index < -0.39 is 0 Å². The van der Waals surface area contributed by atoms with E-state index in [1.54, 1.807) is 0 Å². The topological polar surface area (TPSA) is 65.5 Å². The highest BCUT2D eigenvalue weighted by molar-refractivity contribution is 14.0. The van der Waals surface area contributed by atoms with Gasteiger partial charge in [0.25, 0.3) is 0 Å². The molecule has 0 spiro atoms. The lowest BCUT2D eigenvalue weighted by atomic mass is 10.1. The van der Waals surface area contributed by atoms with Crippen molar-refractivity contribution in [3.05, 3.63) is 17.5 Å². The van der Waals surface area contributed by atoms with E-state index >= 15 is 0 Å². The van der Waals surface area contributed by atoms with Gasteiger partial charge in [0.1, 0.15) is 0 Å². The van der Waals surface area contributed by atoms with Crippen LogP contribution in [0.1, 0.15) is 51.8 Å². The van der Waals surface area contributed by atoms with Gasteiger partial charge in [-0.05, 0) is 47.5 Å². The first-order chi connectivity index (χ1) is 10.9. The van der Waals surface area contributed by atoms with Crippen molar-refractivity contribution in [2.24, 2.45) is 4.99 Å². The number of nitrogens with zero attached hydrogens (tertiary/aromatic N) is 3. The lowest BCUT2D eigenvalue weighted by Crippen LogP contribution is -2.47. The Labute approximate surface area is 162 Å². The van der Waals surface area contributed by atoms with Gasteiger partial charge in [0, 0.05) is 30.9 Å². The van der Waals surface area contributed by atoms with Crippen LogP contribution >= 0.6 is 24.0 Å². The van der Waals surface area contributed by atoms with Crippen LogP contribution in [0.25, 0.3) is 0 Å². The van der Waals surface area contributed by atoms with Crippen molar-refractivity contribution >= 4 is 29.9 Å². The normalized spacial score (nSPS) is 16.9. The molecule has 1 saturated heterocycles. The van der Waals surface area contributed by atoms with Gasteiger partial charge in [-0.1, -0.05) is 0 Å². The number of aliphatic imine (C=N–C) groups is 1. The molecule has 0 aromatic carbocycles. The van der Waals surface area contributed by atoms with E-state index in [1.165, 1.54) is 0 Å². The molecule has 0 unspecified atom stereocenters. The zero-order chi connectivity index (χ0) is 16.9. The Bertz CT molecular complexity index is 515. The Morgan fingerprint density at radius 3 is 2.58 bits per heavy atom. The van der Waals surface area contributed by atoms with Gasteiger partial charge in [-0.15, -0.1) is 24.0 Å². The van der Waals surface area contributed by atoms with Crippen LogP contribution in [0, 0.1) is 6.92 Å². The van der Waals surface area contributed by atoms with E-state index in [0.29, 0.717) is 12.6 Å². The molecule has 2 rings (SSSR count). The summed E-state index contributed by atoms with van der Waals surface area (Å²) < 4.78 is 6.10. The Hall–Kier alpha value is -0.830. The summed E-state index contributed by atoms with van der Waals surface area (Å²) in [7, 11) is 0. The molecule has 2 heterocycles. The largest absolute Gasteiger partial charge is 0.372 e. The number of rotatable bonds is 4. The summed E-state index contributed by atoms with van der Waals surface area (Å²) in [6.07, 6.45) is 4.30. The zero-order valence-electron chi connectivity index (χ0n) is 15.6. The number of hydrogen-bond donors (Lipinski definition) is 2. The van der Waals surface area contributed by atoms with Crippen molar-refractivity contribution in [2.45, 2.75) is 65.7 Å². The molecule has 0 atom stereocenters. The molecular formula is C17H32IN5O. The summed E-state index contributed by atoms with van der Waals surface area (Å²) in [6.45, 7) is 14.0. The maximum absolute atomic E-state index is 6.10. The van der Waals surface area contributed by atoms with E-state index in [4.69, 9.17) is 9.73 Å². The van der Waals surface area contributed by atoms with Crippen molar-refractivity contribution in [1.82, 2.24) is 20.4 Å². The summed E-state index contributed by atoms with van der Waals surface area (Å²) in [5.41, 5.74) is 2.16. The van der Waals surface area contributed by atoms with Crippen LogP contribution in [0.4, 0.5) is 0 Å². The number of hydrogen-bond acceptors (Lipinski definition) is 3. The Morgan fingerprint density at radius 2 is 2.08 bits per heavy atom. The fraction of sp³-hybridized carbons (Fsp3) is 0.765. The first kappa shape index (κ1) is 21.2. The van der Waals surface area contributed by atoms with Crippen molar-refractivity contribution in [2.75, 3.05) is 19.6 Å². The van der Waals surface area contributed by atoms with Crippen molar-refractivity contribution < 1.29 is 4.74 Å². The van der Waals surface area contributed by atoms with E-state index in [1.807, 2.05) is 13.1 Å². The van der Waals surface area contributed by atoms with Crippen LogP contribution < -0.4 is 5.32 Å². The minimum atomic E-state index is -0.0652. The van der Waals surface area contributed by atoms with Gasteiger partial charge in [0.2, 0.25) is 0 Å². The first-order valence-electron chi connectivity index (χ1n) is 8.59. The average molecular weight is 449 g/mol. The van der Waals surface area contributed by atoms with Crippen LogP contribution in [-0.4, -0.2) is 52.4 Å². The molecule has 6 nitrogen and oxygen atoms in total. The summed E-state index contributed by atoms with van der Waals surface area (Å²) in [5, 5.41) is 10.4. The third-order valence-corrected chi connectivity index (χ3v) is 3.93. The highest BCUT2D eigenvalue weighted by Gasteiger charge is 2.25. The summed E-state index contributed by atoms with van der Waals surface area (Å²) in [5.74, 6) is 0.988. The number of H-pyrrole nitrogens is 1. The number of ether oxygens (including phenoxy) is 1. The molecule has 0 bridgehead atoms. The van der Waals surface area contributed by atoms with E-state index in [-0.39, 0.29) is 29.6 Å². The second-order valence-electron chi connectivity index (χ2n) is 7.11. The van der Waals surface area contributed by atoms with Gasteiger partial charge >= 0.3 is 0 Å². The Morgan fingerprint density at radius 1 is 1.42 bits per heavy atom. The monoisotopic (exact) mass is 449 g/mol. The summed E-state index contributed by atoms with van der Waals surface area (Å²) >= 11 is 0. The van der Waals surface area contributed by atoms with E-state index in [2.05, 4.69) is 48.1 Å². The molecule has 1 aromatic heterocycles. The molecule has 0 aliphatic carbocycles. The number of aromatic nitrogens is 2. The number of piperidine rings is 1. The lowest BCUT2D eigenvalue weighted by Gasteiger charge is -2.37. The smallest absolute Gasteiger partial charge is 0.194 e. The predicted molar refractivity (Wildman–Crippen MR) is 109 cm³/mol. The fourth-order valence-electron chi connectivity index (χ4n) is 2.81. The Kier molecular flexibility index (Phi) is 8.49. The van der Waals surface area contributed by atoms with Gasteiger partial charge in [0.05, 0.1) is 24.4 Å². The summed E-state index contributed by atoms with van der Waals surface area (Å²) in [6, 6.07) is 0. The fourth-order valence-corrected chi connectivity index (χ4v) is 2.81. The van der Waals surface area contributed by atoms with Crippen molar-refractivity contribution in [1.29, 1.82) is 0 Å². The average Bonchev–Trinajstić information content (AvgIpc) is 2.88. The maximum Gasteiger partial charge on any atom is 0.194 e. The molecule has 0 saturated carbocycles. The number of nitrogens with one attached hydrogen (secondary N) is 2. The third kappa shape index (κ3) is 6.58. The van der Waals surface area contributed by atoms with Crippen molar-refractivity contribution in [3.63, 3.8) is 0 Å². The molecule has 0 radical (unpaired) electrons. The summed E-state index contributed by atoms with van der Waals surface area (Å²) in [4.78, 5) is 7.11. The van der Waals surface area contributed by atoms with Gasteiger partial charge in [0.15, 0.2) is 5.96 Å². The number of aromatic amines is 1. The predicted octanol–water partition coefficient (Wildman–Crippen LogP) is 3.08. The van der Waals surface area contributed by atoms with E-state index in [0.717, 1.165) is 49.7 Å². The number of aryl methyl sites for hydroxylation is 1. The lowest BCUT2D eigenvalue weighted by molar-refractivity contribution is -0.0772.